The van der Waals surface area contributed by atoms with Crippen molar-refractivity contribution in [3.8, 4) is 0 Å². The van der Waals surface area contributed by atoms with Gasteiger partial charge in [-0.3, -0.25) is 9.59 Å². The highest BCUT2D eigenvalue weighted by Gasteiger charge is 2.42. The first-order valence-corrected chi connectivity index (χ1v) is 10.4. The number of hydrogen-bond acceptors (Lipinski definition) is 6. The molecule has 3 rings (SSSR count). The van der Waals surface area contributed by atoms with Crippen molar-refractivity contribution in [1.82, 2.24) is 4.90 Å². The van der Waals surface area contributed by atoms with Crippen molar-refractivity contribution >= 4 is 29.3 Å². The number of esters is 1. The zero-order valence-electron chi connectivity index (χ0n) is 16.8. The van der Waals surface area contributed by atoms with Crippen LogP contribution in [0, 0.1) is 0 Å². The lowest BCUT2D eigenvalue weighted by Crippen LogP contribution is -2.43. The third-order valence-electron chi connectivity index (χ3n) is 4.49. The van der Waals surface area contributed by atoms with E-state index in [1.165, 1.54) is 16.2 Å². The third-order valence-corrected chi connectivity index (χ3v) is 5.47. The summed E-state index contributed by atoms with van der Waals surface area (Å²) in [6.45, 7) is 5.48. The van der Waals surface area contributed by atoms with Crippen LogP contribution in [0.25, 0.3) is 0 Å². The van der Waals surface area contributed by atoms with Crippen LogP contribution >= 0.6 is 11.3 Å². The first kappa shape index (κ1) is 21.0. The van der Waals surface area contributed by atoms with Crippen LogP contribution in [-0.4, -0.2) is 41.1 Å². The molecule has 0 aliphatic carbocycles. The first-order valence-electron chi connectivity index (χ1n) is 9.53. The van der Waals surface area contributed by atoms with Crippen LogP contribution in [0.1, 0.15) is 43.6 Å². The summed E-state index contributed by atoms with van der Waals surface area (Å²) in [5.41, 5.74) is 0.358. The van der Waals surface area contributed by atoms with Gasteiger partial charge in [0.15, 0.2) is 0 Å². The summed E-state index contributed by atoms with van der Waals surface area (Å²) in [5.74, 6) is -1.69. The molecule has 1 saturated heterocycles. The van der Waals surface area contributed by atoms with Crippen molar-refractivity contribution in [3.05, 3.63) is 58.3 Å². The Labute approximate surface area is 174 Å². The van der Waals surface area contributed by atoms with E-state index in [1.54, 1.807) is 26.8 Å². The molecule has 2 atom stereocenters. The molecule has 2 aromatic rings. The Balaban J connectivity index is 1.81. The van der Waals surface area contributed by atoms with Crippen molar-refractivity contribution in [3.63, 3.8) is 0 Å². The average molecular weight is 416 g/mol. The van der Waals surface area contributed by atoms with Crippen molar-refractivity contribution in [1.29, 1.82) is 0 Å². The van der Waals surface area contributed by atoms with E-state index in [4.69, 9.17) is 9.47 Å². The quantitative estimate of drug-likeness (QED) is 0.663. The highest BCUT2D eigenvalue weighted by atomic mass is 32.1. The SMILES string of the molecule is CC(C)(C)OC(=O)CC(C(=O)N1C(=O)OCC1Cc1ccccc1)c1cccs1. The largest absolute Gasteiger partial charge is 0.460 e. The number of hydrogen-bond donors (Lipinski definition) is 0. The van der Waals surface area contributed by atoms with Gasteiger partial charge in [-0.05, 0) is 44.2 Å². The highest BCUT2D eigenvalue weighted by Crippen LogP contribution is 2.31. The topological polar surface area (TPSA) is 72.9 Å². The molecule has 0 N–H and O–H groups in total. The van der Waals surface area contributed by atoms with Crippen LogP contribution < -0.4 is 0 Å². The van der Waals surface area contributed by atoms with Gasteiger partial charge < -0.3 is 9.47 Å². The Bertz CT molecular complexity index is 857. The molecule has 0 bridgehead atoms. The Morgan fingerprint density at radius 3 is 2.55 bits per heavy atom. The number of cyclic esters (lactones) is 1. The molecule has 7 heteroatoms. The third kappa shape index (κ3) is 5.44. The fourth-order valence-corrected chi connectivity index (χ4v) is 4.10. The summed E-state index contributed by atoms with van der Waals surface area (Å²) in [7, 11) is 0. The maximum Gasteiger partial charge on any atom is 0.417 e. The molecular formula is C22H25NO5S. The second-order valence-electron chi connectivity index (χ2n) is 7.99. The molecule has 6 nitrogen and oxygen atoms in total. The summed E-state index contributed by atoms with van der Waals surface area (Å²) >= 11 is 1.38. The number of thiophene rings is 1. The van der Waals surface area contributed by atoms with E-state index >= 15 is 0 Å². The van der Waals surface area contributed by atoms with Gasteiger partial charge >= 0.3 is 12.1 Å². The van der Waals surface area contributed by atoms with E-state index in [2.05, 4.69) is 0 Å². The Morgan fingerprint density at radius 1 is 1.21 bits per heavy atom. The fourth-order valence-electron chi connectivity index (χ4n) is 3.28. The van der Waals surface area contributed by atoms with Crippen LogP contribution in [0.4, 0.5) is 4.79 Å². The van der Waals surface area contributed by atoms with Gasteiger partial charge in [-0.2, -0.15) is 0 Å². The second-order valence-corrected chi connectivity index (χ2v) is 8.97. The standard InChI is InChI=1S/C22H25NO5S/c1-22(2,3)28-19(24)13-17(18-10-7-11-29-18)20(25)23-16(14-27-21(23)26)12-15-8-5-4-6-9-15/h4-11,16-17H,12-14H2,1-3H3. The van der Waals surface area contributed by atoms with E-state index in [9.17, 15) is 14.4 Å². The van der Waals surface area contributed by atoms with Crippen molar-refractivity contribution in [2.45, 2.75) is 51.2 Å². The van der Waals surface area contributed by atoms with Crippen LogP contribution in [-0.2, 0) is 25.5 Å². The van der Waals surface area contributed by atoms with Gasteiger partial charge in [0, 0.05) is 4.88 Å². The predicted octanol–water partition coefficient (Wildman–Crippen LogP) is 4.15. The van der Waals surface area contributed by atoms with Gasteiger partial charge in [0.25, 0.3) is 0 Å². The molecular weight excluding hydrogens is 390 g/mol. The van der Waals surface area contributed by atoms with Crippen LogP contribution in [0.15, 0.2) is 47.8 Å². The Hall–Kier alpha value is -2.67. The normalized spacial score (nSPS) is 17.7. The lowest BCUT2D eigenvalue weighted by atomic mass is 9.99. The average Bonchev–Trinajstić information content (AvgIpc) is 3.29. The van der Waals surface area contributed by atoms with Gasteiger partial charge in [0.2, 0.25) is 5.91 Å². The molecule has 29 heavy (non-hydrogen) atoms. The number of carbonyl (C=O) groups excluding carboxylic acids is 3. The number of amides is 2. The van der Waals surface area contributed by atoms with E-state index < -0.39 is 35.5 Å². The maximum atomic E-state index is 13.4. The zero-order chi connectivity index (χ0) is 21.0. The highest BCUT2D eigenvalue weighted by molar-refractivity contribution is 7.10. The molecule has 2 heterocycles. The van der Waals surface area contributed by atoms with Crippen molar-refractivity contribution in [2.75, 3.05) is 6.61 Å². The molecule has 0 radical (unpaired) electrons. The number of imide groups is 1. The number of rotatable bonds is 6. The summed E-state index contributed by atoms with van der Waals surface area (Å²) in [4.78, 5) is 40.1. The maximum absolute atomic E-state index is 13.4. The van der Waals surface area contributed by atoms with Gasteiger partial charge in [-0.1, -0.05) is 36.4 Å². The van der Waals surface area contributed by atoms with Gasteiger partial charge in [0.1, 0.15) is 12.2 Å². The summed E-state index contributed by atoms with van der Waals surface area (Å²) in [6.07, 6.45) is -0.290. The number of carbonyl (C=O) groups is 3. The molecule has 1 aliphatic rings. The van der Waals surface area contributed by atoms with Gasteiger partial charge in [0.05, 0.1) is 18.4 Å². The minimum atomic E-state index is -0.784. The second kappa shape index (κ2) is 8.78. The van der Waals surface area contributed by atoms with Gasteiger partial charge in [-0.15, -0.1) is 11.3 Å². The monoisotopic (exact) mass is 415 g/mol. The van der Waals surface area contributed by atoms with Crippen LogP contribution in [0.2, 0.25) is 0 Å². The van der Waals surface area contributed by atoms with Crippen molar-refractivity contribution < 1.29 is 23.9 Å². The Morgan fingerprint density at radius 2 is 1.93 bits per heavy atom. The lowest BCUT2D eigenvalue weighted by Gasteiger charge is -2.25. The number of nitrogens with zero attached hydrogens (tertiary/aromatic N) is 1. The van der Waals surface area contributed by atoms with Crippen LogP contribution in [0.3, 0.4) is 0 Å². The van der Waals surface area contributed by atoms with E-state index in [1.807, 2.05) is 41.8 Å². The molecule has 1 aromatic heterocycles. The summed E-state index contributed by atoms with van der Waals surface area (Å²) in [6, 6.07) is 12.8. The van der Waals surface area contributed by atoms with Crippen LogP contribution in [0.5, 0.6) is 0 Å². The molecule has 1 aromatic carbocycles. The molecule has 1 fully saturated rings. The first-order chi connectivity index (χ1) is 13.7. The summed E-state index contributed by atoms with van der Waals surface area (Å²) < 4.78 is 10.6. The molecule has 1 aliphatic heterocycles. The lowest BCUT2D eigenvalue weighted by molar-refractivity contribution is -0.156. The molecule has 2 unspecified atom stereocenters. The minimum absolute atomic E-state index is 0.127. The molecule has 0 spiro atoms. The molecule has 154 valence electrons. The number of ether oxygens (including phenoxy) is 2. The summed E-state index contributed by atoms with van der Waals surface area (Å²) in [5, 5.41) is 1.84. The van der Waals surface area contributed by atoms with Crippen molar-refractivity contribution in [2.24, 2.45) is 0 Å². The molecule has 2 amide bonds. The number of benzene rings is 1. The van der Waals surface area contributed by atoms with E-state index in [0.717, 1.165) is 10.4 Å². The fraction of sp³-hybridized carbons (Fsp3) is 0.409. The van der Waals surface area contributed by atoms with Gasteiger partial charge in [-0.25, -0.2) is 9.69 Å². The predicted molar refractivity (Wildman–Crippen MR) is 110 cm³/mol. The smallest absolute Gasteiger partial charge is 0.417 e. The van der Waals surface area contributed by atoms with E-state index in [0.29, 0.717) is 6.42 Å². The zero-order valence-corrected chi connectivity index (χ0v) is 17.6. The van der Waals surface area contributed by atoms with E-state index in [-0.39, 0.29) is 13.0 Å². The molecule has 0 saturated carbocycles. The minimum Gasteiger partial charge on any atom is -0.460 e. The Kier molecular flexibility index (Phi) is 6.37.